The molecule has 0 heterocycles. The van der Waals surface area contributed by atoms with E-state index >= 15 is 0 Å². The van der Waals surface area contributed by atoms with Gasteiger partial charge in [-0.05, 0) is 33.6 Å². The minimum atomic E-state index is -0.503. The molecular formula is C11H20O4Si. The van der Waals surface area contributed by atoms with E-state index in [2.05, 4.69) is 6.58 Å². The minimum absolute atomic E-state index is 0.189. The second kappa shape index (κ2) is 6.47. The van der Waals surface area contributed by atoms with Crippen molar-refractivity contribution in [2.75, 3.05) is 6.61 Å². The molecule has 0 aliphatic rings. The second-order valence-corrected chi connectivity index (χ2v) is 4.80. The predicted octanol–water partition coefficient (Wildman–Crippen LogP) is 0.736. The third-order valence-corrected chi connectivity index (χ3v) is 2.64. The van der Waals surface area contributed by atoms with E-state index in [1.54, 1.807) is 6.92 Å². The van der Waals surface area contributed by atoms with Crippen LogP contribution < -0.4 is 0 Å². The van der Waals surface area contributed by atoms with Crippen LogP contribution >= 0.6 is 0 Å². The Balaban J connectivity index is 3.86. The van der Waals surface area contributed by atoms with Gasteiger partial charge in [-0.3, -0.25) is 4.79 Å². The van der Waals surface area contributed by atoms with Gasteiger partial charge in [-0.15, -0.1) is 0 Å². The number of rotatable bonds is 6. The van der Waals surface area contributed by atoms with Crippen LogP contribution in [-0.4, -0.2) is 29.0 Å². The van der Waals surface area contributed by atoms with Crippen molar-refractivity contribution >= 4 is 22.4 Å². The fraction of sp³-hybridized carbons (Fsp3) is 0.636. The molecule has 0 aliphatic heterocycles. The Morgan fingerprint density at radius 2 is 1.94 bits per heavy atom. The molecule has 0 N–H and O–H groups in total. The molecule has 0 radical (unpaired) electrons. The monoisotopic (exact) mass is 244 g/mol. The van der Waals surface area contributed by atoms with Gasteiger partial charge in [0.25, 0.3) is 5.97 Å². The highest BCUT2D eigenvalue weighted by molar-refractivity contribution is 6.06. The summed E-state index contributed by atoms with van der Waals surface area (Å²) in [5.74, 6) is -0.575. The maximum Gasteiger partial charge on any atom is 0.333 e. The van der Waals surface area contributed by atoms with Crippen LogP contribution in [0.2, 0.25) is 0 Å². The van der Waals surface area contributed by atoms with E-state index in [0.717, 1.165) is 0 Å². The first-order valence-corrected chi connectivity index (χ1v) is 6.04. The Morgan fingerprint density at radius 3 is 2.38 bits per heavy atom. The standard InChI is InChI=1S/C11H20O4Si/c1-8(2)9(12)14-7-5-6-11(3,4)10(13)15-16/h1,5-7H2,2-4,16H3. The van der Waals surface area contributed by atoms with Gasteiger partial charge in [0.2, 0.25) is 10.5 Å². The zero-order valence-electron chi connectivity index (χ0n) is 10.5. The van der Waals surface area contributed by atoms with Gasteiger partial charge in [0.15, 0.2) is 0 Å². The minimum Gasteiger partial charge on any atom is -0.528 e. The number of hydrogen-bond donors (Lipinski definition) is 0. The van der Waals surface area contributed by atoms with E-state index in [0.29, 0.717) is 35.5 Å². The topological polar surface area (TPSA) is 52.6 Å². The Hall–Kier alpha value is -1.10. The number of hydrogen-bond acceptors (Lipinski definition) is 4. The molecule has 0 fully saturated rings. The molecule has 0 saturated carbocycles. The maximum atomic E-state index is 11.4. The summed E-state index contributed by atoms with van der Waals surface area (Å²) in [4.78, 5) is 22.4. The first-order valence-electron chi connectivity index (χ1n) is 5.22. The van der Waals surface area contributed by atoms with Gasteiger partial charge in [-0.1, -0.05) is 6.58 Å². The summed E-state index contributed by atoms with van der Waals surface area (Å²) in [6.45, 7) is 9.05. The van der Waals surface area contributed by atoms with Crippen molar-refractivity contribution in [3.8, 4) is 0 Å². The van der Waals surface area contributed by atoms with E-state index in [1.807, 2.05) is 13.8 Å². The third-order valence-electron chi connectivity index (χ3n) is 2.27. The lowest BCUT2D eigenvalue weighted by Gasteiger charge is -2.21. The van der Waals surface area contributed by atoms with Crippen LogP contribution in [-0.2, 0) is 18.8 Å². The molecule has 0 atom stereocenters. The van der Waals surface area contributed by atoms with E-state index in [4.69, 9.17) is 9.16 Å². The van der Waals surface area contributed by atoms with Gasteiger partial charge >= 0.3 is 5.97 Å². The van der Waals surface area contributed by atoms with Crippen LogP contribution in [0.15, 0.2) is 12.2 Å². The molecule has 0 rings (SSSR count). The summed E-state index contributed by atoms with van der Waals surface area (Å²) in [5.41, 5.74) is -0.115. The molecule has 92 valence electrons. The fourth-order valence-corrected chi connectivity index (χ4v) is 1.73. The quantitative estimate of drug-likeness (QED) is 0.299. The lowest BCUT2D eigenvalue weighted by atomic mass is 9.88. The lowest BCUT2D eigenvalue weighted by Crippen LogP contribution is -2.26. The highest BCUT2D eigenvalue weighted by Crippen LogP contribution is 2.23. The fourth-order valence-electron chi connectivity index (χ4n) is 1.18. The van der Waals surface area contributed by atoms with E-state index in [9.17, 15) is 9.59 Å². The molecule has 0 aromatic rings. The van der Waals surface area contributed by atoms with E-state index in [1.165, 1.54) is 0 Å². The van der Waals surface area contributed by atoms with Crippen LogP contribution in [0.5, 0.6) is 0 Å². The average Bonchev–Trinajstić information content (AvgIpc) is 2.22. The SMILES string of the molecule is C=C(C)C(=O)OCCCC(C)(C)C(=O)O[SiH3]. The van der Waals surface area contributed by atoms with Gasteiger partial charge in [0.1, 0.15) is 0 Å². The number of esters is 1. The molecule has 5 heteroatoms. The largest absolute Gasteiger partial charge is 0.528 e. The first-order chi connectivity index (χ1) is 7.31. The first kappa shape index (κ1) is 14.9. The Labute approximate surface area is 99.5 Å². The van der Waals surface area contributed by atoms with Crippen molar-refractivity contribution in [1.82, 2.24) is 0 Å². The van der Waals surface area contributed by atoms with Crippen molar-refractivity contribution in [1.29, 1.82) is 0 Å². The molecule has 0 amide bonds. The van der Waals surface area contributed by atoms with Crippen LogP contribution in [0.1, 0.15) is 33.6 Å². The molecule has 0 unspecified atom stereocenters. The Morgan fingerprint density at radius 1 is 1.38 bits per heavy atom. The summed E-state index contributed by atoms with van der Waals surface area (Å²) in [6, 6.07) is 0. The van der Waals surface area contributed by atoms with Crippen LogP contribution in [0, 0.1) is 5.41 Å². The molecule has 0 spiro atoms. The average molecular weight is 244 g/mol. The highest BCUT2D eigenvalue weighted by Gasteiger charge is 2.27. The summed E-state index contributed by atoms with van der Waals surface area (Å²) < 4.78 is 9.74. The molecular weight excluding hydrogens is 224 g/mol. The molecule has 16 heavy (non-hydrogen) atoms. The van der Waals surface area contributed by atoms with Gasteiger partial charge in [-0.25, -0.2) is 4.79 Å². The summed E-state index contributed by atoms with van der Waals surface area (Å²) in [7, 11) is 0.411. The van der Waals surface area contributed by atoms with Crippen molar-refractivity contribution < 1.29 is 18.8 Å². The second-order valence-electron chi connectivity index (χ2n) is 4.40. The summed E-state index contributed by atoms with van der Waals surface area (Å²) in [5, 5.41) is 0. The van der Waals surface area contributed by atoms with Gasteiger partial charge in [-0.2, -0.15) is 0 Å². The Bertz CT molecular complexity index is 284. The van der Waals surface area contributed by atoms with E-state index < -0.39 is 5.41 Å². The number of carbonyl (C=O) groups excluding carboxylic acids is 2. The molecule has 0 aliphatic carbocycles. The number of carbonyl (C=O) groups is 2. The lowest BCUT2D eigenvalue weighted by molar-refractivity contribution is -0.144. The third kappa shape index (κ3) is 5.11. The van der Waals surface area contributed by atoms with Gasteiger partial charge in [0.05, 0.1) is 12.0 Å². The predicted molar refractivity (Wildman–Crippen MR) is 64.8 cm³/mol. The van der Waals surface area contributed by atoms with Crippen molar-refractivity contribution in [2.45, 2.75) is 33.6 Å². The maximum absolute atomic E-state index is 11.4. The highest BCUT2D eigenvalue weighted by atomic mass is 28.2. The molecule has 0 bridgehead atoms. The Kier molecular flexibility index (Phi) is 6.03. The summed E-state index contributed by atoms with van der Waals surface area (Å²) >= 11 is 0. The molecule has 0 aromatic carbocycles. The van der Waals surface area contributed by atoms with Crippen LogP contribution in [0.3, 0.4) is 0 Å². The van der Waals surface area contributed by atoms with E-state index in [-0.39, 0.29) is 11.9 Å². The summed E-state index contributed by atoms with van der Waals surface area (Å²) in [6.07, 6.45) is 1.28. The van der Waals surface area contributed by atoms with Crippen molar-refractivity contribution in [3.05, 3.63) is 12.2 Å². The van der Waals surface area contributed by atoms with Crippen LogP contribution in [0.4, 0.5) is 0 Å². The van der Waals surface area contributed by atoms with Crippen molar-refractivity contribution in [2.24, 2.45) is 5.41 Å². The zero-order valence-corrected chi connectivity index (χ0v) is 12.5. The molecule has 0 aromatic heterocycles. The smallest absolute Gasteiger partial charge is 0.333 e. The number of ether oxygens (including phenoxy) is 1. The normalized spacial score (nSPS) is 10.9. The molecule has 4 nitrogen and oxygen atoms in total. The van der Waals surface area contributed by atoms with Gasteiger partial charge in [0, 0.05) is 5.57 Å². The van der Waals surface area contributed by atoms with Crippen LogP contribution in [0.25, 0.3) is 0 Å². The molecule has 0 saturated heterocycles. The van der Waals surface area contributed by atoms with Gasteiger partial charge < -0.3 is 9.16 Å². The zero-order chi connectivity index (χ0) is 12.8. The van der Waals surface area contributed by atoms with Crippen molar-refractivity contribution in [3.63, 3.8) is 0 Å².